The standard InChI is InChI=1S/C13H26/c1-4-7-8-9-10-12-13(6-3)11-5-2/h11H,4-10,12H2,1-3H3/b13-11+. The fourth-order valence-electron chi connectivity index (χ4n) is 1.67. The molecule has 0 aromatic heterocycles. The van der Waals surface area contributed by atoms with Gasteiger partial charge >= 0.3 is 0 Å². The topological polar surface area (TPSA) is 0 Å². The van der Waals surface area contributed by atoms with E-state index in [-0.39, 0.29) is 0 Å². The lowest BCUT2D eigenvalue weighted by atomic mass is 10.0. The minimum absolute atomic E-state index is 1.21. The zero-order valence-corrected chi connectivity index (χ0v) is 9.73. The maximum Gasteiger partial charge on any atom is -0.0320 e. The van der Waals surface area contributed by atoms with Crippen molar-refractivity contribution in [3.05, 3.63) is 11.6 Å². The molecule has 0 unspecified atom stereocenters. The third-order valence-electron chi connectivity index (χ3n) is 2.55. The Kier molecular flexibility index (Phi) is 9.63. The quantitative estimate of drug-likeness (QED) is 0.362. The van der Waals surface area contributed by atoms with Crippen LogP contribution in [0.25, 0.3) is 0 Å². The lowest BCUT2D eigenvalue weighted by Gasteiger charge is -2.03. The van der Waals surface area contributed by atoms with E-state index >= 15 is 0 Å². The minimum Gasteiger partial charge on any atom is -0.0856 e. The van der Waals surface area contributed by atoms with E-state index in [4.69, 9.17) is 0 Å². The van der Waals surface area contributed by atoms with Gasteiger partial charge in [-0.2, -0.15) is 0 Å². The highest BCUT2D eigenvalue weighted by Gasteiger charge is 1.94. The smallest absolute Gasteiger partial charge is 0.0320 e. The molecule has 0 heteroatoms. The monoisotopic (exact) mass is 182 g/mol. The summed E-state index contributed by atoms with van der Waals surface area (Å²) in [4.78, 5) is 0. The maximum atomic E-state index is 2.40. The molecule has 0 radical (unpaired) electrons. The van der Waals surface area contributed by atoms with Crippen LogP contribution < -0.4 is 0 Å². The van der Waals surface area contributed by atoms with Crippen LogP contribution in [0, 0.1) is 0 Å². The SMILES string of the molecule is CC/C=C(\CC)CCCCCCC. The molecule has 78 valence electrons. The first-order valence-corrected chi connectivity index (χ1v) is 6.03. The zero-order valence-electron chi connectivity index (χ0n) is 9.73. The van der Waals surface area contributed by atoms with Crippen molar-refractivity contribution in [1.82, 2.24) is 0 Å². The van der Waals surface area contributed by atoms with Crippen LogP contribution in [0.15, 0.2) is 11.6 Å². The van der Waals surface area contributed by atoms with Gasteiger partial charge < -0.3 is 0 Å². The van der Waals surface area contributed by atoms with Gasteiger partial charge in [-0.25, -0.2) is 0 Å². The van der Waals surface area contributed by atoms with E-state index in [0.29, 0.717) is 0 Å². The van der Waals surface area contributed by atoms with Crippen LogP contribution in [-0.2, 0) is 0 Å². The van der Waals surface area contributed by atoms with Gasteiger partial charge in [0.1, 0.15) is 0 Å². The average Bonchev–Trinajstić information content (AvgIpc) is 2.16. The molecule has 0 heterocycles. The van der Waals surface area contributed by atoms with Crippen LogP contribution in [0.5, 0.6) is 0 Å². The molecule has 0 fully saturated rings. The van der Waals surface area contributed by atoms with Gasteiger partial charge in [-0.1, -0.05) is 58.1 Å². The van der Waals surface area contributed by atoms with Crippen LogP contribution >= 0.6 is 0 Å². The minimum atomic E-state index is 1.21. The van der Waals surface area contributed by atoms with E-state index in [9.17, 15) is 0 Å². The normalized spacial score (nSPS) is 12.1. The van der Waals surface area contributed by atoms with E-state index < -0.39 is 0 Å². The van der Waals surface area contributed by atoms with Gasteiger partial charge in [0.2, 0.25) is 0 Å². The Balaban J connectivity index is 3.33. The van der Waals surface area contributed by atoms with Crippen LogP contribution in [0.3, 0.4) is 0 Å². The highest BCUT2D eigenvalue weighted by molar-refractivity contribution is 5.00. The molecule has 0 bridgehead atoms. The summed E-state index contributed by atoms with van der Waals surface area (Å²) >= 11 is 0. The van der Waals surface area contributed by atoms with Crippen molar-refractivity contribution in [2.75, 3.05) is 0 Å². The summed E-state index contributed by atoms with van der Waals surface area (Å²) in [5.41, 5.74) is 1.67. The molecule has 0 aliphatic carbocycles. The summed E-state index contributed by atoms with van der Waals surface area (Å²) in [5.74, 6) is 0. The first-order chi connectivity index (χ1) is 6.35. The predicted octanol–water partition coefficient (Wildman–Crippen LogP) is 5.09. The molecule has 0 atom stereocenters. The summed E-state index contributed by atoms with van der Waals surface area (Å²) in [6, 6.07) is 0. The van der Waals surface area contributed by atoms with E-state index in [0.717, 1.165) is 0 Å². The van der Waals surface area contributed by atoms with Crippen molar-refractivity contribution >= 4 is 0 Å². The van der Waals surface area contributed by atoms with Crippen molar-refractivity contribution < 1.29 is 0 Å². The molecule has 0 saturated heterocycles. The molecule has 13 heavy (non-hydrogen) atoms. The van der Waals surface area contributed by atoms with E-state index in [2.05, 4.69) is 26.8 Å². The summed E-state index contributed by atoms with van der Waals surface area (Å²) < 4.78 is 0. The summed E-state index contributed by atoms with van der Waals surface area (Å²) in [7, 11) is 0. The van der Waals surface area contributed by atoms with E-state index in [1.54, 1.807) is 5.57 Å². The van der Waals surface area contributed by atoms with Crippen molar-refractivity contribution in [3.8, 4) is 0 Å². The van der Waals surface area contributed by atoms with Crippen LogP contribution in [-0.4, -0.2) is 0 Å². The van der Waals surface area contributed by atoms with Gasteiger partial charge in [0, 0.05) is 0 Å². The summed E-state index contributed by atoms with van der Waals surface area (Å²) in [6.07, 6.45) is 13.2. The van der Waals surface area contributed by atoms with Crippen molar-refractivity contribution in [2.24, 2.45) is 0 Å². The molecule has 0 rings (SSSR count). The Bertz CT molecular complexity index is 122. The Morgan fingerprint density at radius 3 is 2.15 bits per heavy atom. The van der Waals surface area contributed by atoms with Gasteiger partial charge in [0.05, 0.1) is 0 Å². The van der Waals surface area contributed by atoms with Crippen molar-refractivity contribution in [1.29, 1.82) is 0 Å². The van der Waals surface area contributed by atoms with Gasteiger partial charge in [0.25, 0.3) is 0 Å². The van der Waals surface area contributed by atoms with Gasteiger partial charge in [-0.15, -0.1) is 0 Å². The lowest BCUT2D eigenvalue weighted by molar-refractivity contribution is 0.625. The first-order valence-electron chi connectivity index (χ1n) is 6.03. The zero-order chi connectivity index (χ0) is 9.94. The molecule has 0 nitrogen and oxygen atoms in total. The van der Waals surface area contributed by atoms with Crippen LogP contribution in [0.4, 0.5) is 0 Å². The first kappa shape index (κ1) is 12.7. The third kappa shape index (κ3) is 8.08. The fourth-order valence-corrected chi connectivity index (χ4v) is 1.67. The lowest BCUT2D eigenvalue weighted by Crippen LogP contribution is -1.83. The number of hydrogen-bond acceptors (Lipinski definition) is 0. The highest BCUT2D eigenvalue weighted by Crippen LogP contribution is 2.14. The highest BCUT2D eigenvalue weighted by atomic mass is 14.0. The van der Waals surface area contributed by atoms with E-state index in [1.165, 1.54) is 51.4 Å². The fraction of sp³-hybridized carbons (Fsp3) is 0.846. The van der Waals surface area contributed by atoms with E-state index in [1.807, 2.05) is 0 Å². The van der Waals surface area contributed by atoms with Gasteiger partial charge in [-0.05, 0) is 25.7 Å². The number of hydrogen-bond donors (Lipinski definition) is 0. The number of unbranched alkanes of at least 4 members (excludes halogenated alkanes) is 4. The second kappa shape index (κ2) is 9.83. The second-order valence-corrected chi connectivity index (χ2v) is 3.79. The maximum absolute atomic E-state index is 2.40. The molecular weight excluding hydrogens is 156 g/mol. The Labute approximate surface area is 84.4 Å². The molecule has 0 amide bonds. The molecule has 0 aliphatic rings. The molecule has 0 aromatic rings. The Hall–Kier alpha value is -0.260. The molecular formula is C13H26. The molecule has 0 aromatic carbocycles. The van der Waals surface area contributed by atoms with Crippen molar-refractivity contribution in [2.45, 2.75) is 72.1 Å². The number of allylic oxidation sites excluding steroid dienone is 2. The van der Waals surface area contributed by atoms with Crippen LogP contribution in [0.1, 0.15) is 72.1 Å². The number of rotatable bonds is 8. The van der Waals surface area contributed by atoms with Crippen LogP contribution in [0.2, 0.25) is 0 Å². The summed E-state index contributed by atoms with van der Waals surface area (Å²) in [6.45, 7) is 6.77. The van der Waals surface area contributed by atoms with Crippen molar-refractivity contribution in [3.63, 3.8) is 0 Å². The second-order valence-electron chi connectivity index (χ2n) is 3.79. The molecule has 0 saturated carbocycles. The largest absolute Gasteiger partial charge is 0.0856 e. The van der Waals surface area contributed by atoms with Gasteiger partial charge in [0.15, 0.2) is 0 Å². The molecule has 0 N–H and O–H groups in total. The molecule has 0 spiro atoms. The third-order valence-corrected chi connectivity index (χ3v) is 2.55. The van der Waals surface area contributed by atoms with Gasteiger partial charge in [-0.3, -0.25) is 0 Å². The average molecular weight is 182 g/mol. The summed E-state index contributed by atoms with van der Waals surface area (Å²) in [5, 5.41) is 0. The Morgan fingerprint density at radius 2 is 1.62 bits per heavy atom. The predicted molar refractivity (Wildman–Crippen MR) is 62.0 cm³/mol. The molecule has 0 aliphatic heterocycles. The Morgan fingerprint density at radius 1 is 0.923 bits per heavy atom.